The first-order chi connectivity index (χ1) is 8.97. The highest BCUT2D eigenvalue weighted by atomic mass is 16.5. The number of Topliss-reactive ketones (excluding diaryl/α,β-unsaturated/α-hetero) is 1. The highest BCUT2D eigenvalue weighted by molar-refractivity contribution is 5.99. The van der Waals surface area contributed by atoms with Crippen molar-refractivity contribution >= 4 is 5.78 Å². The Morgan fingerprint density at radius 1 is 1.16 bits per heavy atom. The molecule has 104 valence electrons. The number of carbonyl (C=O) groups is 1. The Labute approximate surface area is 114 Å². The molecule has 1 aliphatic carbocycles. The van der Waals surface area contributed by atoms with E-state index in [9.17, 15) is 4.79 Å². The van der Waals surface area contributed by atoms with Crippen LogP contribution in [-0.2, 0) is 0 Å². The number of carbonyl (C=O) groups excluding carboxylic acids is 1. The van der Waals surface area contributed by atoms with Gasteiger partial charge in [-0.05, 0) is 30.4 Å². The van der Waals surface area contributed by atoms with Crippen LogP contribution in [0, 0.1) is 11.3 Å². The summed E-state index contributed by atoms with van der Waals surface area (Å²) in [5.74, 6) is 1.64. The average Bonchev–Trinajstić information content (AvgIpc) is 2.76. The van der Waals surface area contributed by atoms with Gasteiger partial charge in [0.1, 0.15) is 11.5 Å². The van der Waals surface area contributed by atoms with Crippen LogP contribution in [0.4, 0.5) is 0 Å². The fraction of sp³-hybridized carbons (Fsp3) is 0.562. The molecule has 1 aromatic carbocycles. The maximum atomic E-state index is 12.7. The van der Waals surface area contributed by atoms with E-state index < -0.39 is 0 Å². The highest BCUT2D eigenvalue weighted by Gasteiger charge is 2.39. The minimum Gasteiger partial charge on any atom is -0.497 e. The Balaban J connectivity index is 2.33. The van der Waals surface area contributed by atoms with Crippen molar-refractivity contribution in [2.75, 3.05) is 14.2 Å². The standard InChI is InChI=1S/C16H22O3/c1-16(2)7-5-6-14(16)15(17)11-8-12(18-3)10-13(9-11)19-4/h8-10,14H,5-7H2,1-4H3. The normalized spacial score (nSPS) is 21.2. The molecule has 3 heteroatoms. The second-order valence-electron chi connectivity index (χ2n) is 5.90. The molecule has 0 aromatic heterocycles. The van der Waals surface area contributed by atoms with Gasteiger partial charge in [-0.3, -0.25) is 4.79 Å². The van der Waals surface area contributed by atoms with Crippen LogP contribution in [0.3, 0.4) is 0 Å². The van der Waals surface area contributed by atoms with Crippen LogP contribution in [0.25, 0.3) is 0 Å². The third-order valence-corrected chi connectivity index (χ3v) is 4.21. The van der Waals surface area contributed by atoms with Crippen molar-refractivity contribution in [2.24, 2.45) is 11.3 Å². The molecular formula is C16H22O3. The summed E-state index contributed by atoms with van der Waals surface area (Å²) >= 11 is 0. The second-order valence-corrected chi connectivity index (χ2v) is 5.90. The Hall–Kier alpha value is -1.51. The van der Waals surface area contributed by atoms with Gasteiger partial charge in [0.25, 0.3) is 0 Å². The van der Waals surface area contributed by atoms with Gasteiger partial charge in [-0.25, -0.2) is 0 Å². The molecule has 0 bridgehead atoms. The molecule has 19 heavy (non-hydrogen) atoms. The van der Waals surface area contributed by atoms with Crippen LogP contribution in [0.2, 0.25) is 0 Å². The minimum atomic E-state index is 0.0907. The van der Waals surface area contributed by atoms with E-state index >= 15 is 0 Å². The molecule has 1 fully saturated rings. The highest BCUT2D eigenvalue weighted by Crippen LogP contribution is 2.44. The molecule has 0 amide bonds. The van der Waals surface area contributed by atoms with Gasteiger partial charge in [0.2, 0.25) is 0 Å². The molecule has 2 rings (SSSR count). The van der Waals surface area contributed by atoms with Crippen LogP contribution in [-0.4, -0.2) is 20.0 Å². The number of ketones is 1. The molecule has 0 radical (unpaired) electrons. The van der Waals surface area contributed by atoms with Gasteiger partial charge in [-0.1, -0.05) is 20.3 Å². The van der Waals surface area contributed by atoms with Gasteiger partial charge < -0.3 is 9.47 Å². The summed E-state index contributed by atoms with van der Waals surface area (Å²) in [6.07, 6.45) is 3.22. The smallest absolute Gasteiger partial charge is 0.166 e. The SMILES string of the molecule is COc1cc(OC)cc(C(=O)C2CCCC2(C)C)c1. The van der Waals surface area contributed by atoms with E-state index in [4.69, 9.17) is 9.47 Å². The number of ether oxygens (including phenoxy) is 2. The van der Waals surface area contributed by atoms with Crippen molar-refractivity contribution in [2.45, 2.75) is 33.1 Å². The molecule has 0 spiro atoms. The zero-order valence-corrected chi connectivity index (χ0v) is 12.2. The molecule has 3 nitrogen and oxygen atoms in total. The summed E-state index contributed by atoms with van der Waals surface area (Å²) in [7, 11) is 3.20. The fourth-order valence-corrected chi connectivity index (χ4v) is 2.96. The van der Waals surface area contributed by atoms with Crippen LogP contribution >= 0.6 is 0 Å². The fourth-order valence-electron chi connectivity index (χ4n) is 2.96. The lowest BCUT2D eigenvalue weighted by Gasteiger charge is -2.26. The third-order valence-electron chi connectivity index (χ3n) is 4.21. The monoisotopic (exact) mass is 262 g/mol. The molecular weight excluding hydrogens is 240 g/mol. The van der Waals surface area contributed by atoms with Gasteiger partial charge in [-0.2, -0.15) is 0 Å². The molecule has 1 unspecified atom stereocenters. The van der Waals surface area contributed by atoms with E-state index in [1.54, 1.807) is 32.4 Å². The van der Waals surface area contributed by atoms with Crippen molar-refractivity contribution in [3.05, 3.63) is 23.8 Å². The minimum absolute atomic E-state index is 0.0907. The number of hydrogen-bond acceptors (Lipinski definition) is 3. The van der Waals surface area contributed by atoms with Crippen LogP contribution in [0.1, 0.15) is 43.5 Å². The van der Waals surface area contributed by atoms with Crippen molar-refractivity contribution in [1.82, 2.24) is 0 Å². The number of methoxy groups -OCH3 is 2. The molecule has 0 N–H and O–H groups in total. The number of benzene rings is 1. The lowest BCUT2D eigenvalue weighted by molar-refractivity contribution is 0.0838. The summed E-state index contributed by atoms with van der Waals surface area (Å²) in [5, 5.41) is 0. The number of hydrogen-bond donors (Lipinski definition) is 0. The molecule has 0 heterocycles. The van der Waals surface area contributed by atoms with E-state index in [2.05, 4.69) is 13.8 Å². The lowest BCUT2D eigenvalue weighted by Crippen LogP contribution is -2.25. The summed E-state index contributed by atoms with van der Waals surface area (Å²) in [5.41, 5.74) is 0.782. The lowest BCUT2D eigenvalue weighted by atomic mass is 9.77. The quantitative estimate of drug-likeness (QED) is 0.776. The summed E-state index contributed by atoms with van der Waals surface area (Å²) in [6, 6.07) is 5.40. The van der Waals surface area contributed by atoms with Crippen molar-refractivity contribution < 1.29 is 14.3 Å². The van der Waals surface area contributed by atoms with Crippen LogP contribution in [0.5, 0.6) is 11.5 Å². The van der Waals surface area contributed by atoms with Crippen molar-refractivity contribution in [3.8, 4) is 11.5 Å². The second kappa shape index (κ2) is 5.24. The van der Waals surface area contributed by atoms with Crippen molar-refractivity contribution in [3.63, 3.8) is 0 Å². The average molecular weight is 262 g/mol. The zero-order valence-electron chi connectivity index (χ0n) is 12.2. The summed E-state index contributed by atoms with van der Waals surface area (Å²) < 4.78 is 10.5. The van der Waals surface area contributed by atoms with E-state index in [1.165, 1.54) is 0 Å². The Kier molecular flexibility index (Phi) is 3.83. The largest absolute Gasteiger partial charge is 0.497 e. The van der Waals surface area contributed by atoms with Gasteiger partial charge in [0, 0.05) is 17.5 Å². The first kappa shape index (κ1) is 13.9. The first-order valence-corrected chi connectivity index (χ1v) is 6.75. The summed E-state index contributed by atoms with van der Waals surface area (Å²) in [4.78, 5) is 12.7. The van der Waals surface area contributed by atoms with Gasteiger partial charge in [0.15, 0.2) is 5.78 Å². The predicted octanol–water partition coefficient (Wildman–Crippen LogP) is 3.71. The van der Waals surface area contributed by atoms with E-state index in [0.29, 0.717) is 17.1 Å². The molecule has 0 saturated heterocycles. The Morgan fingerprint density at radius 2 is 1.74 bits per heavy atom. The first-order valence-electron chi connectivity index (χ1n) is 6.75. The maximum Gasteiger partial charge on any atom is 0.166 e. The van der Waals surface area contributed by atoms with Gasteiger partial charge in [-0.15, -0.1) is 0 Å². The molecule has 1 aliphatic rings. The van der Waals surface area contributed by atoms with E-state index in [-0.39, 0.29) is 17.1 Å². The third kappa shape index (κ3) is 2.75. The predicted molar refractivity (Wildman–Crippen MR) is 75.0 cm³/mol. The van der Waals surface area contributed by atoms with Crippen LogP contribution < -0.4 is 9.47 Å². The molecule has 0 aliphatic heterocycles. The number of rotatable bonds is 4. The maximum absolute atomic E-state index is 12.7. The van der Waals surface area contributed by atoms with E-state index in [1.807, 2.05) is 0 Å². The topological polar surface area (TPSA) is 35.5 Å². The van der Waals surface area contributed by atoms with Gasteiger partial charge in [0.05, 0.1) is 14.2 Å². The molecule has 1 saturated carbocycles. The Morgan fingerprint density at radius 3 is 2.16 bits per heavy atom. The Bertz CT molecular complexity index is 455. The zero-order chi connectivity index (χ0) is 14.0. The molecule has 1 aromatic rings. The summed E-state index contributed by atoms with van der Waals surface area (Å²) in [6.45, 7) is 4.36. The molecule has 1 atom stereocenters. The van der Waals surface area contributed by atoms with Gasteiger partial charge >= 0.3 is 0 Å². The van der Waals surface area contributed by atoms with Crippen LogP contribution in [0.15, 0.2) is 18.2 Å². The van der Waals surface area contributed by atoms with E-state index in [0.717, 1.165) is 19.3 Å². The van der Waals surface area contributed by atoms with Crippen molar-refractivity contribution in [1.29, 1.82) is 0 Å².